The SMILES string of the molecule is COC(=O)CC(C)(C)CC(=O)NC1CC[C@H]2[C@@H]3CCC4N(C)C(=O)CC[C@]4(C)[C@@H]3CC[C@]12C. The fraction of sp³-hybridized carbons (Fsp3) is 0.889. The normalized spacial score (nSPS) is 40.5. The van der Waals surface area contributed by atoms with Crippen LogP contribution in [-0.2, 0) is 19.1 Å². The summed E-state index contributed by atoms with van der Waals surface area (Å²) in [4.78, 5) is 39.1. The molecular weight excluding hydrogens is 416 g/mol. The van der Waals surface area contributed by atoms with Gasteiger partial charge < -0.3 is 15.0 Å². The van der Waals surface area contributed by atoms with Crippen LogP contribution in [0.1, 0.15) is 91.9 Å². The van der Waals surface area contributed by atoms with Gasteiger partial charge in [0.2, 0.25) is 11.8 Å². The van der Waals surface area contributed by atoms with Crippen LogP contribution in [0.5, 0.6) is 0 Å². The van der Waals surface area contributed by atoms with Crippen LogP contribution in [-0.4, -0.2) is 48.9 Å². The van der Waals surface area contributed by atoms with Gasteiger partial charge in [0.05, 0.1) is 13.5 Å². The molecule has 0 spiro atoms. The molecule has 1 saturated heterocycles. The molecule has 2 unspecified atom stereocenters. The maximum absolute atomic E-state index is 13.0. The zero-order valence-corrected chi connectivity index (χ0v) is 21.5. The molecule has 4 fully saturated rings. The molecule has 4 aliphatic rings. The Morgan fingerprint density at radius 1 is 1.03 bits per heavy atom. The first-order chi connectivity index (χ1) is 15.4. The van der Waals surface area contributed by atoms with E-state index in [0.717, 1.165) is 25.7 Å². The Bertz CT molecular complexity index is 810. The molecule has 1 N–H and O–H groups in total. The predicted octanol–water partition coefficient (Wildman–Crippen LogP) is 4.31. The van der Waals surface area contributed by atoms with Gasteiger partial charge in [0, 0.05) is 32.0 Å². The molecule has 3 aliphatic carbocycles. The molecule has 1 heterocycles. The molecule has 2 amide bonds. The summed E-state index contributed by atoms with van der Waals surface area (Å²) >= 11 is 0. The average molecular weight is 461 g/mol. The Kier molecular flexibility index (Phi) is 6.37. The minimum absolute atomic E-state index is 0.0565. The number of piperidine rings is 1. The van der Waals surface area contributed by atoms with Gasteiger partial charge in [-0.15, -0.1) is 0 Å². The maximum Gasteiger partial charge on any atom is 0.306 e. The molecule has 186 valence electrons. The van der Waals surface area contributed by atoms with E-state index in [1.165, 1.54) is 26.4 Å². The highest BCUT2D eigenvalue weighted by molar-refractivity contribution is 5.79. The average Bonchev–Trinajstić information content (AvgIpc) is 3.06. The van der Waals surface area contributed by atoms with Crippen LogP contribution in [0, 0.1) is 34.0 Å². The lowest BCUT2D eigenvalue weighted by atomic mass is 9.47. The highest BCUT2D eigenvalue weighted by Crippen LogP contribution is 2.64. The minimum Gasteiger partial charge on any atom is -0.469 e. The summed E-state index contributed by atoms with van der Waals surface area (Å²) < 4.78 is 4.80. The van der Waals surface area contributed by atoms with E-state index in [1.54, 1.807) is 0 Å². The van der Waals surface area contributed by atoms with Crippen LogP contribution in [0.2, 0.25) is 0 Å². The number of nitrogens with zero attached hydrogens (tertiary/aromatic N) is 1. The molecule has 7 atom stereocenters. The molecule has 0 radical (unpaired) electrons. The highest BCUT2D eigenvalue weighted by Gasteiger charge is 2.61. The number of esters is 1. The van der Waals surface area contributed by atoms with Crippen molar-refractivity contribution in [3.8, 4) is 0 Å². The molecule has 6 heteroatoms. The second-order valence-electron chi connectivity index (χ2n) is 12.8. The summed E-state index contributed by atoms with van der Waals surface area (Å²) in [6.07, 6.45) is 9.21. The van der Waals surface area contributed by atoms with Gasteiger partial charge >= 0.3 is 5.97 Å². The van der Waals surface area contributed by atoms with Crippen molar-refractivity contribution in [2.45, 2.75) is 104 Å². The summed E-state index contributed by atoms with van der Waals surface area (Å²) in [5, 5.41) is 3.40. The fourth-order valence-electron chi connectivity index (χ4n) is 8.59. The molecule has 6 nitrogen and oxygen atoms in total. The number of nitrogens with one attached hydrogen (secondary N) is 1. The van der Waals surface area contributed by atoms with Gasteiger partial charge in [-0.25, -0.2) is 0 Å². The van der Waals surface area contributed by atoms with E-state index in [4.69, 9.17) is 4.74 Å². The first-order valence-corrected chi connectivity index (χ1v) is 13.0. The van der Waals surface area contributed by atoms with Crippen molar-refractivity contribution in [3.63, 3.8) is 0 Å². The number of fused-ring (bicyclic) bond motifs is 5. The zero-order valence-electron chi connectivity index (χ0n) is 21.5. The second kappa shape index (κ2) is 8.57. The topological polar surface area (TPSA) is 75.7 Å². The van der Waals surface area contributed by atoms with Gasteiger partial charge in [0.1, 0.15) is 0 Å². The highest BCUT2D eigenvalue weighted by atomic mass is 16.5. The third kappa shape index (κ3) is 4.20. The molecule has 0 aromatic carbocycles. The van der Waals surface area contributed by atoms with Crippen molar-refractivity contribution in [2.75, 3.05) is 14.2 Å². The first kappa shape index (κ1) is 24.5. The quantitative estimate of drug-likeness (QED) is 0.620. The smallest absolute Gasteiger partial charge is 0.306 e. The number of hydrogen-bond acceptors (Lipinski definition) is 4. The number of amides is 2. The number of likely N-dealkylation sites (tertiary alicyclic amines) is 1. The number of hydrogen-bond donors (Lipinski definition) is 1. The van der Waals surface area contributed by atoms with Crippen molar-refractivity contribution in [3.05, 3.63) is 0 Å². The second-order valence-corrected chi connectivity index (χ2v) is 12.8. The summed E-state index contributed by atoms with van der Waals surface area (Å²) in [5.41, 5.74) is -0.0414. The van der Waals surface area contributed by atoms with Gasteiger partial charge in [0.15, 0.2) is 0 Å². The summed E-state index contributed by atoms with van der Waals surface area (Å²) in [6, 6.07) is 0.601. The Morgan fingerprint density at radius 2 is 1.73 bits per heavy atom. The van der Waals surface area contributed by atoms with Crippen molar-refractivity contribution < 1.29 is 19.1 Å². The number of carbonyl (C=O) groups excluding carboxylic acids is 3. The van der Waals surface area contributed by atoms with Gasteiger partial charge in [0.25, 0.3) is 0 Å². The lowest BCUT2D eigenvalue weighted by Gasteiger charge is -2.61. The number of ether oxygens (including phenoxy) is 1. The molecular formula is C27H44N2O4. The standard InChI is InChI=1S/C27H44N2O4/c1-25(2,16-24(32)33-6)15-22(30)28-20-9-8-18-17-7-10-21-27(4,14-12-23(31)29(21)5)19(17)11-13-26(18,20)3/h17-21H,7-16H2,1-6H3,(H,28,30)/t17-,18-,19+,20?,21?,26-,27+/m0/s1. The van der Waals surface area contributed by atoms with Crippen LogP contribution >= 0.6 is 0 Å². The van der Waals surface area contributed by atoms with Crippen LogP contribution in [0.25, 0.3) is 0 Å². The number of rotatable bonds is 5. The van der Waals surface area contributed by atoms with Crippen LogP contribution in [0.15, 0.2) is 0 Å². The fourth-order valence-corrected chi connectivity index (χ4v) is 8.59. The summed E-state index contributed by atoms with van der Waals surface area (Å²) in [7, 11) is 3.41. The Morgan fingerprint density at radius 3 is 2.42 bits per heavy atom. The first-order valence-electron chi connectivity index (χ1n) is 13.0. The predicted molar refractivity (Wildman–Crippen MR) is 127 cm³/mol. The van der Waals surface area contributed by atoms with Crippen molar-refractivity contribution in [2.24, 2.45) is 34.0 Å². The number of carbonyl (C=O) groups is 3. The minimum atomic E-state index is -0.412. The van der Waals surface area contributed by atoms with E-state index in [2.05, 4.69) is 24.1 Å². The van der Waals surface area contributed by atoms with Crippen LogP contribution in [0.3, 0.4) is 0 Å². The molecule has 0 aromatic heterocycles. The van der Waals surface area contributed by atoms with Crippen LogP contribution in [0.4, 0.5) is 0 Å². The van der Waals surface area contributed by atoms with Crippen LogP contribution < -0.4 is 5.32 Å². The Balaban J connectivity index is 1.44. The summed E-state index contributed by atoms with van der Waals surface area (Å²) in [5.74, 6) is 2.13. The van der Waals surface area contributed by atoms with E-state index in [0.29, 0.717) is 42.5 Å². The lowest BCUT2D eigenvalue weighted by molar-refractivity contribution is -0.157. The number of methoxy groups -OCH3 is 1. The third-order valence-corrected chi connectivity index (χ3v) is 10.4. The summed E-state index contributed by atoms with van der Waals surface area (Å²) in [6.45, 7) is 8.78. The molecule has 0 bridgehead atoms. The molecule has 33 heavy (non-hydrogen) atoms. The van der Waals surface area contributed by atoms with Gasteiger partial charge in [-0.2, -0.15) is 0 Å². The largest absolute Gasteiger partial charge is 0.469 e. The van der Waals surface area contributed by atoms with E-state index in [1.807, 2.05) is 20.9 Å². The molecule has 0 aromatic rings. The lowest BCUT2D eigenvalue weighted by Crippen LogP contribution is -2.62. The van der Waals surface area contributed by atoms with E-state index < -0.39 is 5.41 Å². The maximum atomic E-state index is 13.0. The van der Waals surface area contributed by atoms with E-state index >= 15 is 0 Å². The third-order valence-electron chi connectivity index (χ3n) is 10.4. The van der Waals surface area contributed by atoms with E-state index in [9.17, 15) is 14.4 Å². The molecule has 3 saturated carbocycles. The monoisotopic (exact) mass is 460 g/mol. The van der Waals surface area contributed by atoms with Gasteiger partial charge in [-0.3, -0.25) is 14.4 Å². The van der Waals surface area contributed by atoms with Crippen molar-refractivity contribution in [1.29, 1.82) is 0 Å². The van der Waals surface area contributed by atoms with Gasteiger partial charge in [-0.05, 0) is 78.9 Å². The molecule has 4 rings (SSSR count). The van der Waals surface area contributed by atoms with Crippen molar-refractivity contribution in [1.82, 2.24) is 10.2 Å². The Labute approximate surface area is 199 Å². The zero-order chi connectivity index (χ0) is 24.2. The van der Waals surface area contributed by atoms with E-state index in [-0.39, 0.29) is 35.2 Å². The Hall–Kier alpha value is -1.59. The molecule has 1 aliphatic heterocycles. The van der Waals surface area contributed by atoms with Crippen molar-refractivity contribution >= 4 is 17.8 Å². The van der Waals surface area contributed by atoms with Gasteiger partial charge in [-0.1, -0.05) is 27.7 Å².